The van der Waals surface area contributed by atoms with E-state index in [1.165, 1.54) is 50.6 Å². The molecule has 2 nitrogen and oxygen atoms in total. The van der Waals surface area contributed by atoms with Crippen molar-refractivity contribution in [3.63, 3.8) is 0 Å². The fourth-order valence-electron chi connectivity index (χ4n) is 3.46. The maximum atomic E-state index is 6.00. The van der Waals surface area contributed by atoms with Crippen LogP contribution in [0, 0.1) is 5.92 Å². The maximum absolute atomic E-state index is 6.00. The van der Waals surface area contributed by atoms with Crippen molar-refractivity contribution in [2.24, 2.45) is 5.92 Å². The SMILES string of the molecule is CCC1CCC(N(C)CCCc2ccccc2N)CC1. The number of nitrogens with two attached hydrogens (primary N) is 1. The molecule has 0 amide bonds. The van der Waals surface area contributed by atoms with Crippen LogP contribution in [0.3, 0.4) is 0 Å². The third kappa shape index (κ3) is 4.24. The molecule has 1 aliphatic carbocycles. The van der Waals surface area contributed by atoms with Crippen LogP contribution in [0.4, 0.5) is 5.69 Å². The second kappa shape index (κ2) is 7.68. The summed E-state index contributed by atoms with van der Waals surface area (Å²) in [6.45, 7) is 3.52. The number of para-hydroxylation sites is 1. The van der Waals surface area contributed by atoms with E-state index in [-0.39, 0.29) is 0 Å². The van der Waals surface area contributed by atoms with Crippen LogP contribution in [0.25, 0.3) is 0 Å². The van der Waals surface area contributed by atoms with E-state index in [1.54, 1.807) is 0 Å². The van der Waals surface area contributed by atoms with Gasteiger partial charge >= 0.3 is 0 Å². The van der Waals surface area contributed by atoms with E-state index in [2.05, 4.69) is 31.0 Å². The second-order valence-electron chi connectivity index (χ2n) is 6.37. The molecule has 112 valence electrons. The first-order valence-corrected chi connectivity index (χ1v) is 8.24. The topological polar surface area (TPSA) is 29.3 Å². The predicted octanol–water partition coefficient (Wildman–Crippen LogP) is 4.10. The summed E-state index contributed by atoms with van der Waals surface area (Å²) in [5.41, 5.74) is 8.24. The largest absolute Gasteiger partial charge is 0.399 e. The summed E-state index contributed by atoms with van der Waals surface area (Å²) < 4.78 is 0. The maximum Gasteiger partial charge on any atom is 0.0346 e. The smallest absolute Gasteiger partial charge is 0.0346 e. The molecule has 2 N–H and O–H groups in total. The average molecular weight is 274 g/mol. The molecule has 1 aliphatic rings. The molecule has 2 heteroatoms. The van der Waals surface area contributed by atoms with Crippen LogP contribution in [0.2, 0.25) is 0 Å². The van der Waals surface area contributed by atoms with Gasteiger partial charge in [0.2, 0.25) is 0 Å². The first-order valence-electron chi connectivity index (χ1n) is 8.24. The number of anilines is 1. The van der Waals surface area contributed by atoms with Crippen LogP contribution in [-0.4, -0.2) is 24.5 Å². The van der Waals surface area contributed by atoms with Gasteiger partial charge in [-0.2, -0.15) is 0 Å². The van der Waals surface area contributed by atoms with Gasteiger partial charge in [0.15, 0.2) is 0 Å². The summed E-state index contributed by atoms with van der Waals surface area (Å²) in [7, 11) is 2.30. The van der Waals surface area contributed by atoms with Gasteiger partial charge in [0.25, 0.3) is 0 Å². The van der Waals surface area contributed by atoms with Gasteiger partial charge in [-0.3, -0.25) is 0 Å². The minimum absolute atomic E-state index is 0.811. The molecular formula is C18H30N2. The first kappa shape index (κ1) is 15.4. The molecule has 20 heavy (non-hydrogen) atoms. The molecule has 0 aromatic heterocycles. The van der Waals surface area contributed by atoms with Crippen molar-refractivity contribution in [1.82, 2.24) is 4.90 Å². The third-order valence-corrected chi connectivity index (χ3v) is 5.03. The van der Waals surface area contributed by atoms with E-state index in [0.717, 1.165) is 24.1 Å². The Bertz CT molecular complexity index is 394. The summed E-state index contributed by atoms with van der Waals surface area (Å²) in [5, 5.41) is 0. The van der Waals surface area contributed by atoms with Gasteiger partial charge in [0.1, 0.15) is 0 Å². The molecular weight excluding hydrogens is 244 g/mol. The van der Waals surface area contributed by atoms with Crippen LogP contribution in [0.1, 0.15) is 51.0 Å². The number of hydrogen-bond acceptors (Lipinski definition) is 2. The molecule has 1 saturated carbocycles. The van der Waals surface area contributed by atoms with Crippen LogP contribution in [-0.2, 0) is 6.42 Å². The first-order chi connectivity index (χ1) is 9.70. The van der Waals surface area contributed by atoms with Gasteiger partial charge in [-0.15, -0.1) is 0 Å². The van der Waals surface area contributed by atoms with Crippen molar-refractivity contribution >= 4 is 5.69 Å². The summed E-state index contributed by atoms with van der Waals surface area (Å²) in [5.74, 6) is 0.990. The summed E-state index contributed by atoms with van der Waals surface area (Å²) in [6.07, 6.45) is 9.31. The molecule has 1 aromatic rings. The Kier molecular flexibility index (Phi) is 5.90. The highest BCUT2D eigenvalue weighted by Gasteiger charge is 2.22. The average Bonchev–Trinajstić information content (AvgIpc) is 2.49. The van der Waals surface area contributed by atoms with Crippen molar-refractivity contribution in [3.8, 4) is 0 Å². The molecule has 0 heterocycles. The van der Waals surface area contributed by atoms with E-state index >= 15 is 0 Å². The van der Waals surface area contributed by atoms with Crippen molar-refractivity contribution in [2.45, 2.75) is 57.9 Å². The summed E-state index contributed by atoms with van der Waals surface area (Å²) in [4.78, 5) is 2.57. The monoisotopic (exact) mass is 274 g/mol. The van der Waals surface area contributed by atoms with E-state index in [0.29, 0.717) is 0 Å². The number of aryl methyl sites for hydroxylation is 1. The van der Waals surface area contributed by atoms with Crippen molar-refractivity contribution in [3.05, 3.63) is 29.8 Å². The number of nitrogens with zero attached hydrogens (tertiary/aromatic N) is 1. The normalized spacial score (nSPS) is 23.1. The van der Waals surface area contributed by atoms with Crippen LogP contribution >= 0.6 is 0 Å². The van der Waals surface area contributed by atoms with Gasteiger partial charge in [0.05, 0.1) is 0 Å². The lowest BCUT2D eigenvalue weighted by Crippen LogP contribution is -2.35. The molecule has 0 radical (unpaired) electrons. The lowest BCUT2D eigenvalue weighted by molar-refractivity contribution is 0.162. The van der Waals surface area contributed by atoms with E-state index in [1.807, 2.05) is 12.1 Å². The minimum Gasteiger partial charge on any atom is -0.399 e. The van der Waals surface area contributed by atoms with Gasteiger partial charge in [-0.25, -0.2) is 0 Å². The zero-order chi connectivity index (χ0) is 14.4. The van der Waals surface area contributed by atoms with E-state index < -0.39 is 0 Å². The van der Waals surface area contributed by atoms with E-state index in [4.69, 9.17) is 5.73 Å². The highest BCUT2D eigenvalue weighted by atomic mass is 15.1. The van der Waals surface area contributed by atoms with Gasteiger partial charge < -0.3 is 10.6 Å². The van der Waals surface area contributed by atoms with Crippen molar-refractivity contribution in [2.75, 3.05) is 19.3 Å². The Morgan fingerprint density at radius 2 is 1.85 bits per heavy atom. The Balaban J connectivity index is 1.70. The molecule has 0 aliphatic heterocycles. The van der Waals surface area contributed by atoms with Crippen LogP contribution < -0.4 is 5.73 Å². The number of nitrogen functional groups attached to an aromatic ring is 1. The Labute approximate surface area is 124 Å². The molecule has 2 rings (SSSR count). The molecule has 0 unspecified atom stereocenters. The summed E-state index contributed by atoms with van der Waals surface area (Å²) >= 11 is 0. The van der Waals surface area contributed by atoms with Gasteiger partial charge in [-0.05, 0) is 69.7 Å². The molecule has 1 aromatic carbocycles. The van der Waals surface area contributed by atoms with Gasteiger partial charge in [0, 0.05) is 11.7 Å². The fourth-order valence-corrected chi connectivity index (χ4v) is 3.46. The second-order valence-corrected chi connectivity index (χ2v) is 6.37. The zero-order valence-electron chi connectivity index (χ0n) is 13.1. The Morgan fingerprint density at radius 3 is 2.50 bits per heavy atom. The van der Waals surface area contributed by atoms with Crippen molar-refractivity contribution < 1.29 is 0 Å². The van der Waals surface area contributed by atoms with Crippen molar-refractivity contribution in [1.29, 1.82) is 0 Å². The van der Waals surface area contributed by atoms with Crippen LogP contribution in [0.5, 0.6) is 0 Å². The highest BCUT2D eigenvalue weighted by molar-refractivity contribution is 5.46. The Morgan fingerprint density at radius 1 is 1.15 bits per heavy atom. The lowest BCUT2D eigenvalue weighted by Gasteiger charge is -2.34. The molecule has 0 bridgehead atoms. The fraction of sp³-hybridized carbons (Fsp3) is 0.667. The molecule has 1 fully saturated rings. The van der Waals surface area contributed by atoms with Crippen LogP contribution in [0.15, 0.2) is 24.3 Å². The minimum atomic E-state index is 0.811. The zero-order valence-corrected chi connectivity index (χ0v) is 13.1. The molecule has 0 saturated heterocycles. The predicted molar refractivity (Wildman–Crippen MR) is 87.8 cm³/mol. The van der Waals surface area contributed by atoms with Gasteiger partial charge in [-0.1, -0.05) is 31.5 Å². The standard InChI is InChI=1S/C18H30N2/c1-3-15-10-12-17(13-11-15)20(2)14-6-8-16-7-4-5-9-18(16)19/h4-5,7,9,15,17H,3,6,8,10-14,19H2,1-2H3. The number of hydrogen-bond donors (Lipinski definition) is 1. The Hall–Kier alpha value is -1.02. The third-order valence-electron chi connectivity index (χ3n) is 5.03. The lowest BCUT2D eigenvalue weighted by atomic mass is 9.84. The molecule has 0 spiro atoms. The summed E-state index contributed by atoms with van der Waals surface area (Å²) in [6, 6.07) is 9.07. The number of benzene rings is 1. The molecule has 0 atom stereocenters. The quantitative estimate of drug-likeness (QED) is 0.791. The van der Waals surface area contributed by atoms with E-state index in [9.17, 15) is 0 Å². The number of rotatable bonds is 6. The highest BCUT2D eigenvalue weighted by Crippen LogP contribution is 2.29.